The maximum absolute atomic E-state index is 12.1. The fourth-order valence-electron chi connectivity index (χ4n) is 3.20. The molecule has 1 aromatic rings. The minimum absolute atomic E-state index is 0.00821. The van der Waals surface area contributed by atoms with Crippen molar-refractivity contribution in [3.05, 3.63) is 65.3 Å². The molecule has 1 amide bonds. The molecule has 0 bridgehead atoms. The minimum atomic E-state index is -0.438. The normalized spacial score (nSPS) is 25.3. The van der Waals surface area contributed by atoms with Gasteiger partial charge in [0.05, 0.1) is 12.2 Å². The second-order valence-corrected chi connectivity index (χ2v) is 6.09. The van der Waals surface area contributed by atoms with Gasteiger partial charge in [0.25, 0.3) is 5.91 Å². The molecule has 1 aliphatic carbocycles. The zero-order chi connectivity index (χ0) is 17.3. The molecule has 124 valence electrons. The summed E-state index contributed by atoms with van der Waals surface area (Å²) in [6.07, 6.45) is 7.54. The average molecular weight is 323 g/mol. The Morgan fingerprint density at radius 1 is 1.21 bits per heavy atom. The number of nitrogens with two attached hydrogens (primary N) is 2. The predicted molar refractivity (Wildman–Crippen MR) is 95.0 cm³/mol. The predicted octanol–water partition coefficient (Wildman–Crippen LogP) is 2.08. The first-order valence-corrected chi connectivity index (χ1v) is 7.93. The Hall–Kier alpha value is -2.66. The van der Waals surface area contributed by atoms with Crippen LogP contribution < -0.4 is 11.5 Å². The molecule has 3 atom stereocenters. The maximum Gasteiger partial charge on any atom is 0.279 e. The first kappa shape index (κ1) is 16.2. The second kappa shape index (κ2) is 6.45. The van der Waals surface area contributed by atoms with Crippen molar-refractivity contribution in [2.45, 2.75) is 26.1 Å². The van der Waals surface area contributed by atoms with Crippen molar-refractivity contribution < 1.29 is 9.53 Å². The summed E-state index contributed by atoms with van der Waals surface area (Å²) in [5.74, 6) is -0.715. The number of carbonyl (C=O) groups is 1. The van der Waals surface area contributed by atoms with Gasteiger partial charge in [-0.25, -0.2) is 0 Å². The zero-order valence-electron chi connectivity index (χ0n) is 13.8. The maximum atomic E-state index is 12.1. The van der Waals surface area contributed by atoms with Gasteiger partial charge in [0.1, 0.15) is 0 Å². The molecule has 1 aromatic carbocycles. The number of aliphatic imine (C=N–C) groups is 1. The van der Waals surface area contributed by atoms with Gasteiger partial charge < -0.3 is 16.2 Å². The van der Waals surface area contributed by atoms with Crippen LogP contribution in [0.15, 0.2) is 59.1 Å². The van der Waals surface area contributed by atoms with Gasteiger partial charge in [-0.15, -0.1) is 0 Å². The summed E-state index contributed by atoms with van der Waals surface area (Å²) in [5, 5.41) is 0. The van der Waals surface area contributed by atoms with Crippen molar-refractivity contribution >= 4 is 17.4 Å². The van der Waals surface area contributed by atoms with Gasteiger partial charge in [-0.2, -0.15) is 4.99 Å². The summed E-state index contributed by atoms with van der Waals surface area (Å²) < 4.78 is 5.99. The van der Waals surface area contributed by atoms with E-state index in [-0.39, 0.29) is 24.1 Å². The number of rotatable bonds is 2. The Labute approximate surface area is 141 Å². The summed E-state index contributed by atoms with van der Waals surface area (Å²) in [7, 11) is 0. The number of aryl methyl sites for hydroxylation is 1. The van der Waals surface area contributed by atoms with E-state index in [2.05, 4.69) is 30.1 Å². The number of benzene rings is 1. The average Bonchev–Trinajstić information content (AvgIpc) is 2.53. The number of carbonyl (C=O) groups excluding carboxylic acids is 1. The second-order valence-electron chi connectivity index (χ2n) is 6.09. The van der Waals surface area contributed by atoms with Gasteiger partial charge in [0, 0.05) is 11.5 Å². The smallest absolute Gasteiger partial charge is 0.279 e. The van der Waals surface area contributed by atoms with Gasteiger partial charge >= 0.3 is 0 Å². The van der Waals surface area contributed by atoms with Crippen LogP contribution in [0.2, 0.25) is 0 Å². The van der Waals surface area contributed by atoms with Gasteiger partial charge in [0.2, 0.25) is 0 Å². The Balaban J connectivity index is 2.02. The van der Waals surface area contributed by atoms with Crippen molar-refractivity contribution in [2.75, 3.05) is 0 Å². The van der Waals surface area contributed by atoms with Gasteiger partial charge in [-0.05, 0) is 30.5 Å². The molecule has 0 radical (unpaired) electrons. The molecule has 1 aliphatic heterocycles. The lowest BCUT2D eigenvalue weighted by atomic mass is 9.80. The van der Waals surface area contributed by atoms with E-state index in [1.54, 1.807) is 6.08 Å². The summed E-state index contributed by atoms with van der Waals surface area (Å²) in [5.41, 5.74) is 14.6. The van der Waals surface area contributed by atoms with E-state index in [9.17, 15) is 4.79 Å². The number of fused-ring (bicyclic) bond motifs is 1. The van der Waals surface area contributed by atoms with Gasteiger partial charge in [-0.1, -0.05) is 48.6 Å². The SMILES string of the molecule is Cc1ccccc1C1=CC(C)OC2C=CC(C(=O)N=C(N)N)=CC12. The number of hydrogen-bond acceptors (Lipinski definition) is 2. The highest BCUT2D eigenvalue weighted by Gasteiger charge is 2.32. The van der Waals surface area contributed by atoms with Crippen LogP contribution in [0.1, 0.15) is 18.1 Å². The van der Waals surface area contributed by atoms with E-state index in [4.69, 9.17) is 16.2 Å². The lowest BCUT2D eigenvalue weighted by Crippen LogP contribution is -2.33. The molecule has 0 aromatic heterocycles. The van der Waals surface area contributed by atoms with Crippen LogP contribution in [0, 0.1) is 12.8 Å². The van der Waals surface area contributed by atoms with E-state index in [0.29, 0.717) is 5.57 Å². The molecule has 3 unspecified atom stereocenters. The number of amides is 1. The summed E-state index contributed by atoms with van der Waals surface area (Å²) in [6, 6.07) is 8.22. The van der Waals surface area contributed by atoms with Gasteiger partial charge in [0.15, 0.2) is 5.96 Å². The highest BCUT2D eigenvalue weighted by atomic mass is 16.5. The monoisotopic (exact) mass is 323 g/mol. The van der Waals surface area contributed by atoms with E-state index >= 15 is 0 Å². The van der Waals surface area contributed by atoms with Crippen LogP contribution in [0.5, 0.6) is 0 Å². The van der Waals surface area contributed by atoms with Crippen LogP contribution in [0.4, 0.5) is 0 Å². The number of nitrogens with zero attached hydrogens (tertiary/aromatic N) is 1. The van der Waals surface area contributed by atoms with Crippen molar-refractivity contribution in [3.63, 3.8) is 0 Å². The fourth-order valence-corrected chi connectivity index (χ4v) is 3.20. The topological polar surface area (TPSA) is 90.7 Å². The van der Waals surface area contributed by atoms with Crippen LogP contribution in [0.3, 0.4) is 0 Å². The van der Waals surface area contributed by atoms with E-state index in [1.165, 1.54) is 11.1 Å². The summed E-state index contributed by atoms with van der Waals surface area (Å²) >= 11 is 0. The molecule has 24 heavy (non-hydrogen) atoms. The van der Waals surface area contributed by atoms with Crippen molar-refractivity contribution in [2.24, 2.45) is 22.4 Å². The Morgan fingerprint density at radius 3 is 2.67 bits per heavy atom. The number of hydrogen-bond donors (Lipinski definition) is 2. The number of ether oxygens (including phenoxy) is 1. The van der Waals surface area contributed by atoms with Crippen LogP contribution in [0.25, 0.3) is 5.57 Å². The summed E-state index contributed by atoms with van der Waals surface area (Å²) in [6.45, 7) is 4.10. The van der Waals surface area contributed by atoms with Crippen molar-refractivity contribution in [3.8, 4) is 0 Å². The van der Waals surface area contributed by atoms with E-state index < -0.39 is 5.91 Å². The molecule has 0 saturated heterocycles. The lowest BCUT2D eigenvalue weighted by molar-refractivity contribution is -0.114. The molecule has 5 heteroatoms. The molecular weight excluding hydrogens is 302 g/mol. The van der Waals surface area contributed by atoms with Crippen molar-refractivity contribution in [1.82, 2.24) is 0 Å². The minimum Gasteiger partial charge on any atom is -0.370 e. The number of guanidine groups is 1. The van der Waals surface area contributed by atoms with Gasteiger partial charge in [-0.3, -0.25) is 4.79 Å². The third-order valence-electron chi connectivity index (χ3n) is 4.26. The molecule has 3 rings (SSSR count). The standard InChI is InChI=1S/C19H21N3O2/c1-11-5-3-4-6-14(11)15-9-12(2)24-17-8-7-13(10-16(15)17)18(23)22-19(20)21/h3-10,12,16-17H,1-2H3,(H4,20,21,22,23). The Bertz CT molecular complexity index is 786. The molecule has 1 heterocycles. The molecule has 0 spiro atoms. The molecule has 0 fully saturated rings. The zero-order valence-corrected chi connectivity index (χ0v) is 13.8. The van der Waals surface area contributed by atoms with Crippen LogP contribution >= 0.6 is 0 Å². The quantitative estimate of drug-likeness (QED) is 0.644. The molecular formula is C19H21N3O2. The largest absolute Gasteiger partial charge is 0.370 e. The van der Waals surface area contributed by atoms with Crippen LogP contribution in [-0.2, 0) is 9.53 Å². The fraction of sp³-hybridized carbons (Fsp3) is 0.263. The van der Waals surface area contributed by atoms with E-state index in [1.807, 2.05) is 31.2 Å². The lowest BCUT2D eigenvalue weighted by Gasteiger charge is -2.35. The Kier molecular flexibility index (Phi) is 4.36. The third kappa shape index (κ3) is 3.16. The van der Waals surface area contributed by atoms with Crippen molar-refractivity contribution in [1.29, 1.82) is 0 Å². The van der Waals surface area contributed by atoms with Crippen LogP contribution in [-0.4, -0.2) is 24.1 Å². The highest BCUT2D eigenvalue weighted by molar-refractivity contribution is 6.03. The third-order valence-corrected chi connectivity index (χ3v) is 4.26. The molecule has 4 N–H and O–H groups in total. The molecule has 0 saturated carbocycles. The molecule has 5 nitrogen and oxygen atoms in total. The molecule has 2 aliphatic rings. The highest BCUT2D eigenvalue weighted by Crippen LogP contribution is 2.38. The first-order chi connectivity index (χ1) is 11.5. The first-order valence-electron chi connectivity index (χ1n) is 7.93. The summed E-state index contributed by atoms with van der Waals surface area (Å²) in [4.78, 5) is 15.8. The Morgan fingerprint density at radius 2 is 1.96 bits per heavy atom. The van der Waals surface area contributed by atoms with E-state index in [0.717, 1.165) is 5.57 Å².